The van der Waals surface area contributed by atoms with Crippen LogP contribution in [0.1, 0.15) is 16.8 Å². The Morgan fingerprint density at radius 1 is 1.45 bits per heavy atom. The quantitative estimate of drug-likeness (QED) is 0.715. The van der Waals surface area contributed by atoms with Gasteiger partial charge in [-0.1, -0.05) is 0 Å². The van der Waals surface area contributed by atoms with Gasteiger partial charge in [-0.05, 0) is 24.6 Å². The summed E-state index contributed by atoms with van der Waals surface area (Å²) in [4.78, 5) is 10.4. The second-order valence-corrected chi connectivity index (χ2v) is 7.30. The van der Waals surface area contributed by atoms with E-state index in [-0.39, 0.29) is 11.4 Å². The Kier molecular flexibility index (Phi) is 5.78. The lowest BCUT2D eigenvalue weighted by Crippen LogP contribution is -2.26. The molecule has 1 aromatic rings. The standard InChI is InChI=1S/C11H14FNO5S2/c1-19(16)6-2-5-13-20(17,18)8-3-4-10(12)9(7-8)11(14)15/h3-4,7,13H,2,5-6H2,1H3,(H,14,15). The number of hydrogen-bond acceptors (Lipinski definition) is 4. The van der Waals surface area contributed by atoms with E-state index in [1.54, 1.807) is 0 Å². The van der Waals surface area contributed by atoms with Crippen molar-refractivity contribution in [1.29, 1.82) is 0 Å². The number of carbonyl (C=O) groups is 1. The molecule has 9 heteroatoms. The molecule has 0 spiro atoms. The molecule has 112 valence electrons. The summed E-state index contributed by atoms with van der Waals surface area (Å²) in [5.74, 6) is -2.19. The Hall–Kier alpha value is -1.32. The minimum Gasteiger partial charge on any atom is -0.478 e. The second kappa shape index (κ2) is 6.91. The molecule has 0 fully saturated rings. The van der Waals surface area contributed by atoms with E-state index in [0.717, 1.165) is 18.2 Å². The van der Waals surface area contributed by atoms with Crippen molar-refractivity contribution in [3.8, 4) is 0 Å². The van der Waals surface area contributed by atoms with Crippen LogP contribution < -0.4 is 4.72 Å². The topological polar surface area (TPSA) is 101 Å². The van der Waals surface area contributed by atoms with E-state index in [2.05, 4.69) is 4.72 Å². The Morgan fingerprint density at radius 3 is 2.65 bits per heavy atom. The SMILES string of the molecule is CS(=O)CCCNS(=O)(=O)c1ccc(F)c(C(=O)O)c1. The van der Waals surface area contributed by atoms with Gasteiger partial charge in [-0.2, -0.15) is 0 Å². The average molecular weight is 323 g/mol. The van der Waals surface area contributed by atoms with E-state index in [1.807, 2.05) is 0 Å². The lowest BCUT2D eigenvalue weighted by atomic mass is 10.2. The molecule has 0 aliphatic carbocycles. The number of aromatic carboxylic acids is 1. The Labute approximate surface area is 118 Å². The number of sulfonamides is 1. The van der Waals surface area contributed by atoms with Gasteiger partial charge in [-0.15, -0.1) is 0 Å². The molecule has 0 saturated heterocycles. The summed E-state index contributed by atoms with van der Waals surface area (Å²) >= 11 is 0. The normalized spacial score (nSPS) is 13.1. The third-order valence-electron chi connectivity index (χ3n) is 2.38. The lowest BCUT2D eigenvalue weighted by molar-refractivity contribution is 0.0691. The number of halogens is 1. The minimum atomic E-state index is -3.91. The van der Waals surface area contributed by atoms with Crippen LogP contribution in [0.4, 0.5) is 4.39 Å². The van der Waals surface area contributed by atoms with Crippen LogP contribution in [0.2, 0.25) is 0 Å². The first-order chi connectivity index (χ1) is 9.24. The van der Waals surface area contributed by atoms with E-state index in [1.165, 1.54) is 6.26 Å². The fourth-order valence-corrected chi connectivity index (χ4v) is 3.05. The number of carboxylic acids is 1. The average Bonchev–Trinajstić information content (AvgIpc) is 2.34. The van der Waals surface area contributed by atoms with Crippen molar-refractivity contribution in [1.82, 2.24) is 4.72 Å². The van der Waals surface area contributed by atoms with Crippen LogP contribution >= 0.6 is 0 Å². The van der Waals surface area contributed by atoms with Crippen molar-refractivity contribution in [3.63, 3.8) is 0 Å². The molecule has 0 heterocycles. The summed E-state index contributed by atoms with van der Waals surface area (Å²) in [5, 5.41) is 8.74. The predicted octanol–water partition coefficient (Wildman–Crippen LogP) is 0.571. The molecule has 0 saturated carbocycles. The summed E-state index contributed by atoms with van der Waals surface area (Å²) in [5.41, 5.74) is -0.706. The van der Waals surface area contributed by atoms with Gasteiger partial charge in [0.15, 0.2) is 0 Å². The lowest BCUT2D eigenvalue weighted by Gasteiger charge is -2.07. The fourth-order valence-electron chi connectivity index (χ4n) is 1.40. The number of benzene rings is 1. The second-order valence-electron chi connectivity index (χ2n) is 3.98. The van der Waals surface area contributed by atoms with Crippen molar-refractivity contribution >= 4 is 26.8 Å². The minimum absolute atomic E-state index is 0.0711. The molecular formula is C11H14FNO5S2. The van der Waals surface area contributed by atoms with E-state index in [9.17, 15) is 21.8 Å². The molecule has 1 aromatic carbocycles. The highest BCUT2D eigenvalue weighted by molar-refractivity contribution is 7.89. The highest BCUT2D eigenvalue weighted by atomic mass is 32.2. The van der Waals surface area contributed by atoms with Crippen molar-refractivity contribution < 1.29 is 26.9 Å². The van der Waals surface area contributed by atoms with Gasteiger partial charge < -0.3 is 5.11 Å². The highest BCUT2D eigenvalue weighted by Gasteiger charge is 2.18. The zero-order valence-corrected chi connectivity index (χ0v) is 12.3. The van der Waals surface area contributed by atoms with E-state index >= 15 is 0 Å². The molecule has 0 bridgehead atoms. The van der Waals surface area contributed by atoms with Crippen LogP contribution in [0, 0.1) is 5.82 Å². The summed E-state index contributed by atoms with van der Waals surface area (Å²) in [6.45, 7) is 0.0711. The van der Waals surface area contributed by atoms with Gasteiger partial charge in [0.1, 0.15) is 5.82 Å². The monoisotopic (exact) mass is 323 g/mol. The molecule has 0 amide bonds. The van der Waals surface area contributed by atoms with Gasteiger partial charge in [-0.25, -0.2) is 22.3 Å². The molecule has 0 aliphatic heterocycles. The van der Waals surface area contributed by atoms with Crippen LogP contribution in [0.3, 0.4) is 0 Å². The van der Waals surface area contributed by atoms with Gasteiger partial charge in [0.25, 0.3) is 0 Å². The Morgan fingerprint density at radius 2 is 2.10 bits per heavy atom. The maximum atomic E-state index is 13.2. The number of nitrogens with one attached hydrogen (secondary N) is 1. The first-order valence-electron chi connectivity index (χ1n) is 5.56. The zero-order chi connectivity index (χ0) is 15.3. The maximum absolute atomic E-state index is 13.2. The zero-order valence-electron chi connectivity index (χ0n) is 10.6. The van der Waals surface area contributed by atoms with Crippen LogP contribution in [-0.2, 0) is 20.8 Å². The number of rotatable bonds is 7. The molecule has 6 nitrogen and oxygen atoms in total. The summed E-state index contributed by atoms with van der Waals surface area (Å²) in [6, 6.07) is 2.54. The molecule has 0 radical (unpaired) electrons. The van der Waals surface area contributed by atoms with E-state index < -0.39 is 38.2 Å². The number of carboxylic acid groups (broad SMARTS) is 1. The third-order valence-corrected chi connectivity index (χ3v) is 4.70. The molecule has 1 rings (SSSR count). The van der Waals surface area contributed by atoms with Gasteiger partial charge >= 0.3 is 5.97 Å². The predicted molar refractivity (Wildman–Crippen MR) is 72.1 cm³/mol. The summed E-state index contributed by atoms with van der Waals surface area (Å²) in [6.07, 6.45) is 1.89. The molecule has 20 heavy (non-hydrogen) atoms. The summed E-state index contributed by atoms with van der Waals surface area (Å²) < 4.78 is 50.0. The van der Waals surface area contributed by atoms with Crippen molar-refractivity contribution in [2.45, 2.75) is 11.3 Å². The fraction of sp³-hybridized carbons (Fsp3) is 0.364. The van der Waals surface area contributed by atoms with Gasteiger partial charge in [0.05, 0.1) is 10.5 Å². The molecular weight excluding hydrogens is 309 g/mol. The van der Waals surface area contributed by atoms with Crippen LogP contribution in [0.25, 0.3) is 0 Å². The highest BCUT2D eigenvalue weighted by Crippen LogP contribution is 2.15. The van der Waals surface area contributed by atoms with Crippen LogP contribution in [0.5, 0.6) is 0 Å². The number of hydrogen-bond donors (Lipinski definition) is 2. The van der Waals surface area contributed by atoms with E-state index in [4.69, 9.17) is 5.11 Å². The Balaban J connectivity index is 2.85. The van der Waals surface area contributed by atoms with Crippen LogP contribution in [0.15, 0.2) is 23.1 Å². The smallest absolute Gasteiger partial charge is 0.338 e. The molecule has 1 atom stereocenters. The largest absolute Gasteiger partial charge is 0.478 e. The van der Waals surface area contributed by atoms with Crippen molar-refractivity contribution in [2.24, 2.45) is 0 Å². The van der Waals surface area contributed by atoms with Gasteiger partial charge in [0, 0.05) is 29.4 Å². The first kappa shape index (κ1) is 16.7. The molecule has 0 aliphatic rings. The van der Waals surface area contributed by atoms with Crippen molar-refractivity contribution in [3.05, 3.63) is 29.6 Å². The maximum Gasteiger partial charge on any atom is 0.338 e. The summed E-state index contributed by atoms with van der Waals surface area (Å²) in [7, 11) is -4.92. The molecule has 0 aromatic heterocycles. The van der Waals surface area contributed by atoms with Gasteiger partial charge in [-0.3, -0.25) is 4.21 Å². The molecule has 2 N–H and O–H groups in total. The Bertz CT molecular complexity index is 630. The van der Waals surface area contributed by atoms with E-state index in [0.29, 0.717) is 12.2 Å². The van der Waals surface area contributed by atoms with Crippen molar-refractivity contribution in [2.75, 3.05) is 18.6 Å². The molecule has 1 unspecified atom stereocenters. The third kappa shape index (κ3) is 4.66. The van der Waals surface area contributed by atoms with Gasteiger partial charge in [0.2, 0.25) is 10.0 Å². The first-order valence-corrected chi connectivity index (χ1v) is 8.77. The van der Waals surface area contributed by atoms with Crippen LogP contribution in [-0.4, -0.2) is 42.3 Å².